The highest BCUT2D eigenvalue weighted by Crippen LogP contribution is 2.27. The molecule has 2 aromatic carbocycles. The number of nitrogens with one attached hydrogen (secondary N) is 1. The van der Waals surface area contributed by atoms with Crippen molar-refractivity contribution < 1.29 is 14.3 Å². The first-order chi connectivity index (χ1) is 11.9. The third kappa shape index (κ3) is 5.68. The predicted molar refractivity (Wildman–Crippen MR) is 101 cm³/mol. The summed E-state index contributed by atoms with van der Waals surface area (Å²) in [6, 6.07) is 15.6. The molecule has 25 heavy (non-hydrogen) atoms. The maximum atomic E-state index is 12.2. The molecule has 4 heteroatoms. The van der Waals surface area contributed by atoms with Crippen LogP contribution < -0.4 is 14.8 Å². The van der Waals surface area contributed by atoms with Gasteiger partial charge in [0.1, 0.15) is 0 Å². The molecule has 2 aromatic rings. The first-order valence-corrected chi connectivity index (χ1v) is 8.20. The fourth-order valence-corrected chi connectivity index (χ4v) is 2.65. The van der Waals surface area contributed by atoms with Gasteiger partial charge in [-0.2, -0.15) is 0 Å². The van der Waals surface area contributed by atoms with E-state index in [0.29, 0.717) is 11.5 Å². The van der Waals surface area contributed by atoms with E-state index in [0.717, 1.165) is 12.0 Å². The van der Waals surface area contributed by atoms with Gasteiger partial charge in [0.15, 0.2) is 11.5 Å². The number of rotatable bonds is 7. The molecule has 0 atom stereocenters. The Kier molecular flexibility index (Phi) is 6.23. The van der Waals surface area contributed by atoms with Crippen molar-refractivity contribution in [3.63, 3.8) is 0 Å². The Morgan fingerprint density at radius 1 is 1.04 bits per heavy atom. The van der Waals surface area contributed by atoms with E-state index >= 15 is 0 Å². The highest BCUT2D eigenvalue weighted by molar-refractivity contribution is 5.92. The smallest absolute Gasteiger partial charge is 0.244 e. The van der Waals surface area contributed by atoms with Gasteiger partial charge in [0, 0.05) is 11.6 Å². The second-order valence-corrected chi connectivity index (χ2v) is 6.48. The molecule has 0 aliphatic heterocycles. The summed E-state index contributed by atoms with van der Waals surface area (Å²) in [4.78, 5) is 12.2. The molecule has 0 aromatic heterocycles. The van der Waals surface area contributed by atoms with E-state index in [9.17, 15) is 4.79 Å². The number of hydrogen-bond donors (Lipinski definition) is 1. The second kappa shape index (κ2) is 8.38. The summed E-state index contributed by atoms with van der Waals surface area (Å²) in [5, 5.41) is 3.04. The molecular weight excluding hydrogens is 314 g/mol. The van der Waals surface area contributed by atoms with Crippen LogP contribution >= 0.6 is 0 Å². The lowest BCUT2D eigenvalue weighted by Gasteiger charge is -2.25. The van der Waals surface area contributed by atoms with E-state index in [1.165, 1.54) is 11.6 Å². The molecule has 0 fully saturated rings. The molecule has 0 heterocycles. The van der Waals surface area contributed by atoms with E-state index in [-0.39, 0.29) is 11.4 Å². The zero-order valence-corrected chi connectivity index (χ0v) is 15.2. The van der Waals surface area contributed by atoms with E-state index in [1.54, 1.807) is 20.3 Å². The second-order valence-electron chi connectivity index (χ2n) is 6.48. The van der Waals surface area contributed by atoms with Crippen LogP contribution in [0.25, 0.3) is 6.08 Å². The van der Waals surface area contributed by atoms with Crippen LogP contribution in [0.2, 0.25) is 0 Å². The molecule has 0 saturated heterocycles. The maximum absolute atomic E-state index is 12.2. The first-order valence-electron chi connectivity index (χ1n) is 8.20. The standard InChI is InChI=1S/C21H25NO3/c1-21(2,15-17-8-6-5-7-9-17)22-20(23)13-11-16-10-12-18(24-3)19(14-16)25-4/h5-14H,15H2,1-4H3,(H,22,23)/b13-11+. The Labute approximate surface area is 149 Å². The summed E-state index contributed by atoms with van der Waals surface area (Å²) in [7, 11) is 3.18. The Hall–Kier alpha value is -2.75. The van der Waals surface area contributed by atoms with Crippen molar-refractivity contribution in [2.24, 2.45) is 0 Å². The molecule has 0 saturated carbocycles. The van der Waals surface area contributed by atoms with Crippen LogP contribution in [-0.2, 0) is 11.2 Å². The molecule has 0 aliphatic carbocycles. The van der Waals surface area contributed by atoms with Crippen LogP contribution in [0.4, 0.5) is 0 Å². The predicted octanol–water partition coefficient (Wildman–Crippen LogP) is 3.85. The zero-order chi connectivity index (χ0) is 18.3. The van der Waals surface area contributed by atoms with Crippen molar-refractivity contribution in [1.82, 2.24) is 5.32 Å². The minimum absolute atomic E-state index is 0.129. The van der Waals surface area contributed by atoms with Crippen LogP contribution in [0.15, 0.2) is 54.6 Å². The van der Waals surface area contributed by atoms with Crippen LogP contribution in [0.3, 0.4) is 0 Å². The molecule has 1 amide bonds. The molecule has 0 aliphatic rings. The number of carbonyl (C=O) groups is 1. The third-order valence-corrected chi connectivity index (χ3v) is 3.79. The molecule has 0 unspecified atom stereocenters. The van der Waals surface area contributed by atoms with Gasteiger partial charge >= 0.3 is 0 Å². The van der Waals surface area contributed by atoms with E-state index in [1.807, 2.05) is 50.2 Å². The van der Waals surface area contributed by atoms with Crippen molar-refractivity contribution in [2.45, 2.75) is 25.8 Å². The first kappa shape index (κ1) is 18.6. The Balaban J connectivity index is 2.00. The number of benzene rings is 2. The normalized spacial score (nSPS) is 11.4. The average Bonchev–Trinajstić information content (AvgIpc) is 2.59. The van der Waals surface area contributed by atoms with Crippen LogP contribution in [0, 0.1) is 0 Å². The molecule has 0 bridgehead atoms. The Morgan fingerprint density at radius 3 is 2.36 bits per heavy atom. The molecule has 132 valence electrons. The average molecular weight is 339 g/mol. The molecule has 0 spiro atoms. The fraction of sp³-hybridized carbons (Fsp3) is 0.286. The van der Waals surface area contributed by atoms with Gasteiger partial charge in [-0.1, -0.05) is 36.4 Å². The van der Waals surface area contributed by atoms with Crippen molar-refractivity contribution in [3.05, 3.63) is 65.7 Å². The number of carbonyl (C=O) groups excluding carboxylic acids is 1. The monoisotopic (exact) mass is 339 g/mol. The summed E-state index contributed by atoms with van der Waals surface area (Å²) in [5.41, 5.74) is 1.73. The van der Waals surface area contributed by atoms with Crippen LogP contribution in [-0.4, -0.2) is 25.7 Å². The van der Waals surface area contributed by atoms with Crippen molar-refractivity contribution in [1.29, 1.82) is 0 Å². The van der Waals surface area contributed by atoms with E-state index in [4.69, 9.17) is 9.47 Å². The summed E-state index contributed by atoms with van der Waals surface area (Å²) in [6.45, 7) is 4.03. The van der Waals surface area contributed by atoms with Gasteiger partial charge in [-0.25, -0.2) is 0 Å². The third-order valence-electron chi connectivity index (χ3n) is 3.79. The highest BCUT2D eigenvalue weighted by atomic mass is 16.5. The van der Waals surface area contributed by atoms with Crippen LogP contribution in [0.1, 0.15) is 25.0 Å². The molecule has 2 rings (SSSR count). The summed E-state index contributed by atoms with van der Waals surface area (Å²) < 4.78 is 10.5. The maximum Gasteiger partial charge on any atom is 0.244 e. The summed E-state index contributed by atoms with van der Waals surface area (Å²) in [6.07, 6.45) is 4.06. The lowest BCUT2D eigenvalue weighted by Crippen LogP contribution is -2.44. The van der Waals surface area contributed by atoms with Gasteiger partial charge in [0.25, 0.3) is 0 Å². The fourth-order valence-electron chi connectivity index (χ4n) is 2.65. The minimum Gasteiger partial charge on any atom is -0.493 e. The SMILES string of the molecule is COc1ccc(/C=C/C(=O)NC(C)(C)Cc2ccccc2)cc1OC. The lowest BCUT2D eigenvalue weighted by molar-refractivity contribution is -0.117. The number of methoxy groups -OCH3 is 2. The quantitative estimate of drug-likeness (QED) is 0.779. The van der Waals surface area contributed by atoms with Gasteiger partial charge in [-0.3, -0.25) is 4.79 Å². The molecule has 0 radical (unpaired) electrons. The largest absolute Gasteiger partial charge is 0.493 e. The molecule has 4 nitrogen and oxygen atoms in total. The zero-order valence-electron chi connectivity index (χ0n) is 15.2. The lowest BCUT2D eigenvalue weighted by atomic mass is 9.95. The van der Waals surface area contributed by atoms with Gasteiger partial charge in [0.05, 0.1) is 14.2 Å². The highest BCUT2D eigenvalue weighted by Gasteiger charge is 2.19. The van der Waals surface area contributed by atoms with Crippen LogP contribution in [0.5, 0.6) is 11.5 Å². The van der Waals surface area contributed by atoms with Gasteiger partial charge in [-0.05, 0) is 49.6 Å². The van der Waals surface area contributed by atoms with Crippen molar-refractivity contribution >= 4 is 12.0 Å². The van der Waals surface area contributed by atoms with Gasteiger partial charge < -0.3 is 14.8 Å². The summed E-state index contributed by atoms with van der Waals surface area (Å²) in [5.74, 6) is 1.17. The topological polar surface area (TPSA) is 47.6 Å². The molecule has 1 N–H and O–H groups in total. The van der Waals surface area contributed by atoms with Crippen molar-refractivity contribution in [3.8, 4) is 11.5 Å². The molecular formula is C21H25NO3. The van der Waals surface area contributed by atoms with Gasteiger partial charge in [0.2, 0.25) is 5.91 Å². The van der Waals surface area contributed by atoms with E-state index in [2.05, 4.69) is 17.4 Å². The number of hydrogen-bond acceptors (Lipinski definition) is 3. The minimum atomic E-state index is -0.333. The number of ether oxygens (including phenoxy) is 2. The Bertz CT molecular complexity index is 736. The summed E-state index contributed by atoms with van der Waals surface area (Å²) >= 11 is 0. The number of amides is 1. The van der Waals surface area contributed by atoms with E-state index < -0.39 is 0 Å². The van der Waals surface area contributed by atoms with Crippen molar-refractivity contribution in [2.75, 3.05) is 14.2 Å². The van der Waals surface area contributed by atoms with Gasteiger partial charge in [-0.15, -0.1) is 0 Å². The Morgan fingerprint density at radius 2 is 1.72 bits per heavy atom.